The molecule has 0 saturated carbocycles. The van der Waals surface area contributed by atoms with Gasteiger partial charge in [-0.1, -0.05) is 6.07 Å². The van der Waals surface area contributed by atoms with Crippen molar-refractivity contribution in [2.75, 3.05) is 5.75 Å². The number of hydrogen-bond donors (Lipinski definition) is 2. The maximum absolute atomic E-state index is 11.7. The van der Waals surface area contributed by atoms with Gasteiger partial charge in [0.05, 0.1) is 10.6 Å². The van der Waals surface area contributed by atoms with Crippen molar-refractivity contribution in [3.05, 3.63) is 24.3 Å². The standard InChI is InChI=1S/C10H12O5S/c11-8-3-1-4-9(7-8)16(14,15)6-2-5-10(12)13/h1,3-4,7,11H,2,5-6H2,(H,12,13). The van der Waals surface area contributed by atoms with Gasteiger partial charge >= 0.3 is 5.97 Å². The van der Waals surface area contributed by atoms with Crippen molar-refractivity contribution in [1.29, 1.82) is 0 Å². The number of benzene rings is 1. The van der Waals surface area contributed by atoms with Crippen molar-refractivity contribution in [3.63, 3.8) is 0 Å². The van der Waals surface area contributed by atoms with Crippen LogP contribution in [0.5, 0.6) is 5.75 Å². The Balaban J connectivity index is 2.74. The molecule has 1 aromatic carbocycles. The van der Waals surface area contributed by atoms with E-state index in [0.29, 0.717) is 0 Å². The first-order valence-electron chi connectivity index (χ1n) is 4.65. The molecule has 0 bridgehead atoms. The molecular weight excluding hydrogens is 232 g/mol. The van der Waals surface area contributed by atoms with Gasteiger partial charge in [0, 0.05) is 6.42 Å². The first-order chi connectivity index (χ1) is 7.42. The highest BCUT2D eigenvalue weighted by molar-refractivity contribution is 7.91. The van der Waals surface area contributed by atoms with E-state index in [0.717, 1.165) is 6.07 Å². The first kappa shape index (κ1) is 12.5. The predicted octanol–water partition coefficient (Wildman–Crippen LogP) is 1.03. The zero-order valence-electron chi connectivity index (χ0n) is 8.46. The average molecular weight is 244 g/mol. The molecule has 1 aromatic rings. The van der Waals surface area contributed by atoms with Crippen molar-refractivity contribution in [1.82, 2.24) is 0 Å². The van der Waals surface area contributed by atoms with Gasteiger partial charge in [0.1, 0.15) is 5.75 Å². The van der Waals surface area contributed by atoms with Crippen LogP contribution in [0.1, 0.15) is 12.8 Å². The lowest BCUT2D eigenvalue weighted by Gasteiger charge is -2.03. The summed E-state index contributed by atoms with van der Waals surface area (Å²) < 4.78 is 23.3. The van der Waals surface area contributed by atoms with Crippen LogP contribution in [-0.2, 0) is 14.6 Å². The minimum atomic E-state index is -3.50. The Morgan fingerprint density at radius 3 is 2.56 bits per heavy atom. The van der Waals surface area contributed by atoms with E-state index in [4.69, 9.17) is 10.2 Å². The van der Waals surface area contributed by atoms with Crippen molar-refractivity contribution < 1.29 is 23.4 Å². The molecule has 0 saturated heterocycles. The maximum atomic E-state index is 11.7. The number of hydrogen-bond acceptors (Lipinski definition) is 4. The van der Waals surface area contributed by atoms with E-state index >= 15 is 0 Å². The van der Waals surface area contributed by atoms with E-state index in [1.54, 1.807) is 0 Å². The van der Waals surface area contributed by atoms with Crippen LogP contribution in [0.4, 0.5) is 0 Å². The highest BCUT2D eigenvalue weighted by Crippen LogP contribution is 2.17. The molecule has 2 N–H and O–H groups in total. The van der Waals surface area contributed by atoms with Gasteiger partial charge in [-0.05, 0) is 24.6 Å². The van der Waals surface area contributed by atoms with E-state index < -0.39 is 15.8 Å². The summed E-state index contributed by atoms with van der Waals surface area (Å²) in [5.41, 5.74) is 0. The smallest absolute Gasteiger partial charge is 0.303 e. The summed E-state index contributed by atoms with van der Waals surface area (Å²) in [6.07, 6.45) is -0.120. The molecule has 0 aliphatic carbocycles. The van der Waals surface area contributed by atoms with E-state index in [-0.39, 0.29) is 29.2 Å². The number of rotatable bonds is 5. The lowest BCUT2D eigenvalue weighted by atomic mass is 10.3. The Bertz CT molecular complexity index is 478. The molecule has 0 amide bonds. The van der Waals surface area contributed by atoms with E-state index in [1.807, 2.05) is 0 Å². The number of aliphatic carboxylic acids is 1. The fraction of sp³-hybridized carbons (Fsp3) is 0.300. The second kappa shape index (κ2) is 4.98. The minimum Gasteiger partial charge on any atom is -0.508 e. The summed E-state index contributed by atoms with van der Waals surface area (Å²) in [5, 5.41) is 17.5. The van der Waals surface area contributed by atoms with Gasteiger partial charge in [0.25, 0.3) is 0 Å². The number of phenols is 1. The first-order valence-corrected chi connectivity index (χ1v) is 6.30. The number of sulfone groups is 1. The van der Waals surface area contributed by atoms with Crippen LogP contribution in [0.2, 0.25) is 0 Å². The Hall–Kier alpha value is -1.56. The van der Waals surface area contributed by atoms with Crippen LogP contribution in [-0.4, -0.2) is 30.4 Å². The summed E-state index contributed by atoms with van der Waals surface area (Å²) in [6.45, 7) is 0. The largest absolute Gasteiger partial charge is 0.508 e. The quantitative estimate of drug-likeness (QED) is 0.807. The van der Waals surface area contributed by atoms with Crippen molar-refractivity contribution in [2.45, 2.75) is 17.7 Å². The molecule has 16 heavy (non-hydrogen) atoms. The number of carboxylic acid groups (broad SMARTS) is 1. The molecule has 0 aromatic heterocycles. The normalized spacial score (nSPS) is 11.2. The van der Waals surface area contributed by atoms with Crippen LogP contribution in [0.25, 0.3) is 0 Å². The zero-order chi connectivity index (χ0) is 12.2. The number of carbonyl (C=O) groups is 1. The lowest BCUT2D eigenvalue weighted by molar-refractivity contribution is -0.137. The molecule has 0 atom stereocenters. The molecular formula is C10H12O5S. The van der Waals surface area contributed by atoms with E-state index in [2.05, 4.69) is 0 Å². The maximum Gasteiger partial charge on any atom is 0.303 e. The van der Waals surface area contributed by atoms with Gasteiger partial charge in [-0.3, -0.25) is 4.79 Å². The lowest BCUT2D eigenvalue weighted by Crippen LogP contribution is -2.08. The summed E-state index contributed by atoms with van der Waals surface area (Å²) in [6, 6.07) is 5.32. The van der Waals surface area contributed by atoms with Gasteiger partial charge in [-0.15, -0.1) is 0 Å². The SMILES string of the molecule is O=C(O)CCCS(=O)(=O)c1cccc(O)c1. The third-order valence-electron chi connectivity index (χ3n) is 1.98. The molecule has 0 aliphatic heterocycles. The Morgan fingerprint density at radius 2 is 2.00 bits per heavy atom. The van der Waals surface area contributed by atoms with Crippen molar-refractivity contribution >= 4 is 15.8 Å². The van der Waals surface area contributed by atoms with Gasteiger partial charge < -0.3 is 10.2 Å². The molecule has 0 heterocycles. The van der Waals surface area contributed by atoms with Gasteiger partial charge in [-0.2, -0.15) is 0 Å². The Morgan fingerprint density at radius 1 is 1.31 bits per heavy atom. The summed E-state index contributed by atoms with van der Waals surface area (Å²) in [4.78, 5) is 10.3. The van der Waals surface area contributed by atoms with Gasteiger partial charge in [0.15, 0.2) is 9.84 Å². The topological polar surface area (TPSA) is 91.7 Å². The molecule has 0 spiro atoms. The Kier molecular flexibility index (Phi) is 3.89. The second-order valence-corrected chi connectivity index (χ2v) is 5.42. The number of carboxylic acids is 1. The molecule has 88 valence electrons. The van der Waals surface area contributed by atoms with Crippen LogP contribution in [0.3, 0.4) is 0 Å². The van der Waals surface area contributed by atoms with Crippen LogP contribution < -0.4 is 0 Å². The summed E-state index contributed by atoms with van der Waals surface area (Å²) >= 11 is 0. The molecule has 0 radical (unpaired) electrons. The molecule has 0 fully saturated rings. The molecule has 0 aliphatic rings. The predicted molar refractivity (Wildman–Crippen MR) is 57.0 cm³/mol. The number of phenolic OH excluding ortho intramolecular Hbond substituents is 1. The molecule has 0 unspecified atom stereocenters. The van der Waals surface area contributed by atoms with Crippen LogP contribution >= 0.6 is 0 Å². The van der Waals surface area contributed by atoms with Crippen molar-refractivity contribution in [2.24, 2.45) is 0 Å². The molecule has 6 heteroatoms. The molecule has 5 nitrogen and oxygen atoms in total. The summed E-state index contributed by atoms with van der Waals surface area (Å²) in [5.74, 6) is -1.38. The summed E-state index contributed by atoms with van der Waals surface area (Å²) in [7, 11) is -3.50. The fourth-order valence-electron chi connectivity index (χ4n) is 1.21. The van der Waals surface area contributed by atoms with E-state index in [1.165, 1.54) is 18.2 Å². The van der Waals surface area contributed by atoms with Crippen molar-refractivity contribution in [3.8, 4) is 5.75 Å². The van der Waals surface area contributed by atoms with E-state index in [9.17, 15) is 13.2 Å². The highest BCUT2D eigenvalue weighted by Gasteiger charge is 2.15. The van der Waals surface area contributed by atoms with Gasteiger partial charge in [-0.25, -0.2) is 8.42 Å². The second-order valence-electron chi connectivity index (χ2n) is 3.31. The fourth-order valence-corrected chi connectivity index (χ4v) is 2.55. The monoisotopic (exact) mass is 244 g/mol. The minimum absolute atomic E-state index is 0.0119. The average Bonchev–Trinajstić information content (AvgIpc) is 2.16. The third kappa shape index (κ3) is 3.54. The van der Waals surface area contributed by atoms with Crippen LogP contribution in [0.15, 0.2) is 29.2 Å². The van der Waals surface area contributed by atoms with Crippen LogP contribution in [0, 0.1) is 0 Å². The third-order valence-corrected chi connectivity index (χ3v) is 3.78. The van der Waals surface area contributed by atoms with Gasteiger partial charge in [0.2, 0.25) is 0 Å². The zero-order valence-corrected chi connectivity index (χ0v) is 9.27. The number of aromatic hydroxyl groups is 1. The Labute approximate surface area is 93.3 Å². The highest BCUT2D eigenvalue weighted by atomic mass is 32.2. The molecule has 1 rings (SSSR count).